The highest BCUT2D eigenvalue weighted by Gasteiger charge is 2.33. The van der Waals surface area contributed by atoms with Gasteiger partial charge in [-0.15, -0.1) is 0 Å². The van der Waals surface area contributed by atoms with E-state index in [2.05, 4.69) is 0 Å². The molecule has 0 radical (unpaired) electrons. The molecular formula is C17H14NO4PS2. The van der Waals surface area contributed by atoms with Gasteiger partial charge < -0.3 is 9.79 Å². The van der Waals surface area contributed by atoms with E-state index in [9.17, 15) is 9.36 Å². The summed E-state index contributed by atoms with van der Waals surface area (Å²) in [6.45, 7) is 0. The number of thioether (sulfide) groups is 1. The maximum absolute atomic E-state index is 12.7. The Kier molecular flexibility index (Phi) is 5.22. The molecule has 1 heterocycles. The second-order valence-corrected chi connectivity index (χ2v) is 8.74. The number of amides is 1. The first kappa shape index (κ1) is 18.0. The summed E-state index contributed by atoms with van der Waals surface area (Å²) in [5.74, 6) is -0.207. The van der Waals surface area contributed by atoms with E-state index in [-0.39, 0.29) is 12.1 Å². The van der Waals surface area contributed by atoms with Crippen molar-refractivity contribution in [3.63, 3.8) is 0 Å². The summed E-state index contributed by atoms with van der Waals surface area (Å²) in [6.07, 6.45) is 1.46. The molecule has 25 heavy (non-hydrogen) atoms. The Morgan fingerprint density at radius 2 is 1.72 bits per heavy atom. The smallest absolute Gasteiger partial charge is 0.324 e. The number of carbonyl (C=O) groups excluding carboxylic acids is 1. The first-order valence-corrected chi connectivity index (χ1v) is 10.3. The Morgan fingerprint density at radius 3 is 2.32 bits per heavy atom. The number of thiocarbonyl (C=S) groups is 1. The van der Waals surface area contributed by atoms with E-state index < -0.39 is 7.60 Å². The van der Waals surface area contributed by atoms with E-state index in [1.807, 2.05) is 30.3 Å². The lowest BCUT2D eigenvalue weighted by atomic mass is 10.2. The first-order chi connectivity index (χ1) is 11.8. The molecule has 0 unspecified atom stereocenters. The lowest BCUT2D eigenvalue weighted by Crippen LogP contribution is -2.27. The van der Waals surface area contributed by atoms with Gasteiger partial charge in [-0.3, -0.25) is 14.3 Å². The van der Waals surface area contributed by atoms with Gasteiger partial charge in [-0.05, 0) is 29.3 Å². The Bertz CT molecular complexity index is 891. The normalized spacial score (nSPS) is 16.7. The predicted molar refractivity (Wildman–Crippen MR) is 104 cm³/mol. The van der Waals surface area contributed by atoms with Gasteiger partial charge in [0.25, 0.3) is 5.91 Å². The number of hydrogen-bond acceptors (Lipinski definition) is 4. The first-order valence-electron chi connectivity index (χ1n) is 7.30. The van der Waals surface area contributed by atoms with Gasteiger partial charge in [-0.25, -0.2) is 0 Å². The largest absolute Gasteiger partial charge is 0.329 e. The Hall–Kier alpha value is -1.76. The van der Waals surface area contributed by atoms with Crippen LogP contribution in [-0.2, 0) is 15.5 Å². The SMILES string of the molecule is O=C1/C(=C/c2ccccc2)SC(=S)N1c1ccc(CP(=O)(O)O)cc1. The highest BCUT2D eigenvalue weighted by atomic mass is 32.2. The van der Waals surface area contributed by atoms with Crippen molar-refractivity contribution in [1.82, 2.24) is 0 Å². The number of anilines is 1. The molecule has 2 aromatic rings. The van der Waals surface area contributed by atoms with Crippen molar-refractivity contribution in [1.29, 1.82) is 0 Å². The van der Waals surface area contributed by atoms with Crippen LogP contribution in [0.25, 0.3) is 6.08 Å². The van der Waals surface area contributed by atoms with Crippen molar-refractivity contribution in [2.45, 2.75) is 6.16 Å². The number of carbonyl (C=O) groups is 1. The summed E-state index contributed by atoms with van der Waals surface area (Å²) in [5.41, 5.74) is 2.00. The second-order valence-electron chi connectivity index (χ2n) is 5.42. The Morgan fingerprint density at radius 1 is 1.08 bits per heavy atom. The molecule has 2 N–H and O–H groups in total. The molecule has 3 rings (SSSR count). The number of hydrogen-bond donors (Lipinski definition) is 2. The van der Waals surface area contributed by atoms with Crippen LogP contribution >= 0.6 is 31.6 Å². The van der Waals surface area contributed by atoms with Crippen LogP contribution in [0.3, 0.4) is 0 Å². The van der Waals surface area contributed by atoms with Crippen LogP contribution in [-0.4, -0.2) is 20.0 Å². The van der Waals surface area contributed by atoms with Gasteiger partial charge in [0.05, 0.1) is 16.8 Å². The summed E-state index contributed by atoms with van der Waals surface area (Å²) in [5, 5.41) is 0. The van der Waals surface area contributed by atoms with Crippen LogP contribution in [0.4, 0.5) is 5.69 Å². The molecule has 0 spiro atoms. The quantitative estimate of drug-likeness (QED) is 0.469. The fourth-order valence-corrected chi connectivity index (χ4v) is 4.36. The fraction of sp³-hybridized carbons (Fsp3) is 0.0588. The second kappa shape index (κ2) is 7.23. The van der Waals surface area contributed by atoms with Gasteiger partial charge in [0.15, 0.2) is 4.32 Å². The van der Waals surface area contributed by atoms with E-state index in [0.717, 1.165) is 5.56 Å². The van der Waals surface area contributed by atoms with Crippen molar-refractivity contribution < 1.29 is 19.1 Å². The average Bonchev–Trinajstić information content (AvgIpc) is 2.82. The molecule has 1 saturated heterocycles. The van der Waals surface area contributed by atoms with Crippen LogP contribution < -0.4 is 4.90 Å². The highest BCUT2D eigenvalue weighted by Crippen LogP contribution is 2.40. The van der Waals surface area contributed by atoms with E-state index in [1.54, 1.807) is 30.3 Å². The molecule has 5 nitrogen and oxygen atoms in total. The fourth-order valence-electron chi connectivity index (χ4n) is 2.38. The minimum Gasteiger partial charge on any atom is -0.324 e. The summed E-state index contributed by atoms with van der Waals surface area (Å²) >= 11 is 6.55. The topological polar surface area (TPSA) is 77.8 Å². The maximum atomic E-state index is 12.7. The van der Waals surface area contributed by atoms with Gasteiger partial charge >= 0.3 is 7.60 Å². The summed E-state index contributed by atoms with van der Waals surface area (Å²) in [4.78, 5) is 32.7. The lowest BCUT2D eigenvalue weighted by Gasteiger charge is -2.15. The molecule has 0 aromatic heterocycles. The Labute approximate surface area is 154 Å². The zero-order valence-corrected chi connectivity index (χ0v) is 15.4. The van der Waals surface area contributed by atoms with Crippen LogP contribution in [0.1, 0.15) is 11.1 Å². The minimum atomic E-state index is -4.12. The van der Waals surface area contributed by atoms with Gasteiger partial charge in [0, 0.05) is 0 Å². The molecule has 0 bridgehead atoms. The van der Waals surface area contributed by atoms with Crippen molar-refractivity contribution in [2.24, 2.45) is 0 Å². The molecule has 0 atom stereocenters. The summed E-state index contributed by atoms with van der Waals surface area (Å²) < 4.78 is 11.5. The molecule has 2 aromatic carbocycles. The summed E-state index contributed by atoms with van der Waals surface area (Å²) in [6, 6.07) is 16.0. The van der Waals surface area contributed by atoms with Crippen molar-refractivity contribution in [2.75, 3.05) is 4.90 Å². The molecular weight excluding hydrogens is 377 g/mol. The summed E-state index contributed by atoms with van der Waals surface area (Å²) in [7, 11) is -4.12. The third-order valence-electron chi connectivity index (χ3n) is 3.47. The van der Waals surface area contributed by atoms with Crippen LogP contribution in [0.15, 0.2) is 59.5 Å². The van der Waals surface area contributed by atoms with Crippen molar-refractivity contribution in [3.8, 4) is 0 Å². The van der Waals surface area contributed by atoms with Crippen LogP contribution in [0, 0.1) is 0 Å². The van der Waals surface area contributed by atoms with Gasteiger partial charge in [-0.2, -0.15) is 0 Å². The Balaban J connectivity index is 1.83. The highest BCUT2D eigenvalue weighted by molar-refractivity contribution is 8.27. The third kappa shape index (κ3) is 4.45. The van der Waals surface area contributed by atoms with E-state index in [1.165, 1.54) is 16.7 Å². The average molecular weight is 391 g/mol. The zero-order chi connectivity index (χ0) is 18.0. The van der Waals surface area contributed by atoms with E-state index in [4.69, 9.17) is 22.0 Å². The van der Waals surface area contributed by atoms with Crippen molar-refractivity contribution in [3.05, 3.63) is 70.6 Å². The van der Waals surface area contributed by atoms with Crippen LogP contribution in [0.5, 0.6) is 0 Å². The molecule has 1 aliphatic rings. The predicted octanol–water partition coefficient (Wildman–Crippen LogP) is 3.77. The van der Waals surface area contributed by atoms with Gasteiger partial charge in [-0.1, -0.05) is 66.4 Å². The number of nitrogens with zero attached hydrogens (tertiary/aromatic N) is 1. The number of rotatable bonds is 4. The molecule has 1 aliphatic heterocycles. The number of benzene rings is 2. The lowest BCUT2D eigenvalue weighted by molar-refractivity contribution is -0.113. The van der Waals surface area contributed by atoms with Gasteiger partial charge in [0.2, 0.25) is 0 Å². The molecule has 1 fully saturated rings. The zero-order valence-electron chi connectivity index (χ0n) is 12.9. The third-order valence-corrected chi connectivity index (χ3v) is 5.55. The molecule has 0 saturated carbocycles. The van der Waals surface area contributed by atoms with E-state index >= 15 is 0 Å². The molecule has 128 valence electrons. The minimum absolute atomic E-state index is 0.207. The standard InChI is InChI=1S/C17H14NO4PS2/c19-16-15(10-12-4-2-1-3-5-12)25-17(24)18(16)14-8-6-13(7-9-14)11-23(20,21)22/h1-10H,11H2,(H2,20,21,22)/b15-10-. The molecule has 1 amide bonds. The monoisotopic (exact) mass is 391 g/mol. The van der Waals surface area contributed by atoms with Crippen LogP contribution in [0.2, 0.25) is 0 Å². The van der Waals surface area contributed by atoms with E-state index in [0.29, 0.717) is 20.5 Å². The van der Waals surface area contributed by atoms with Gasteiger partial charge in [0.1, 0.15) is 0 Å². The molecule has 0 aliphatic carbocycles. The molecule has 8 heteroatoms. The maximum Gasteiger partial charge on any atom is 0.329 e. The van der Waals surface area contributed by atoms with Crippen molar-refractivity contribution >= 4 is 53.6 Å².